The van der Waals surface area contributed by atoms with Gasteiger partial charge < -0.3 is 10.4 Å². The molecule has 0 aliphatic carbocycles. The minimum Gasteiger partial charge on any atom is -0.508 e. The molecule has 3 rings (SSSR count). The van der Waals surface area contributed by atoms with Crippen LogP contribution in [0, 0.1) is 6.92 Å². The van der Waals surface area contributed by atoms with E-state index in [4.69, 9.17) is 0 Å². The quantitative estimate of drug-likeness (QED) is 0.780. The maximum absolute atomic E-state index is 12.2. The zero-order chi connectivity index (χ0) is 14.8. The number of aromatic hydroxyl groups is 1. The molecular formula is C16H14N2O2S. The summed E-state index contributed by atoms with van der Waals surface area (Å²) in [6, 6.07) is 12.8. The number of phenols is 1. The van der Waals surface area contributed by atoms with Crippen LogP contribution in [0.2, 0.25) is 0 Å². The maximum Gasteiger partial charge on any atom is 0.280 e. The predicted octanol–water partition coefficient (Wildman–Crippen LogP) is 3.24. The number of thiazole rings is 1. The predicted molar refractivity (Wildman–Crippen MR) is 83.6 cm³/mol. The zero-order valence-corrected chi connectivity index (χ0v) is 12.3. The molecule has 21 heavy (non-hydrogen) atoms. The average Bonchev–Trinajstić information content (AvgIpc) is 2.89. The molecule has 5 heteroatoms. The van der Waals surface area contributed by atoms with Crippen LogP contribution in [0.15, 0.2) is 42.5 Å². The molecular weight excluding hydrogens is 284 g/mol. The smallest absolute Gasteiger partial charge is 0.280 e. The van der Waals surface area contributed by atoms with E-state index in [0.717, 1.165) is 21.3 Å². The normalized spacial score (nSPS) is 10.7. The van der Waals surface area contributed by atoms with Crippen molar-refractivity contribution >= 4 is 27.5 Å². The molecule has 4 nitrogen and oxygen atoms in total. The fraction of sp³-hybridized carbons (Fsp3) is 0.125. The first-order valence-corrected chi connectivity index (χ1v) is 7.37. The number of nitrogens with one attached hydrogen (secondary N) is 1. The summed E-state index contributed by atoms with van der Waals surface area (Å²) in [4.78, 5) is 16.4. The summed E-state index contributed by atoms with van der Waals surface area (Å²) in [5.74, 6) is -0.0167. The number of hydrogen-bond acceptors (Lipinski definition) is 4. The Balaban J connectivity index is 1.76. The number of carbonyl (C=O) groups excluding carboxylic acids is 1. The van der Waals surface area contributed by atoms with Gasteiger partial charge >= 0.3 is 0 Å². The second-order valence-electron chi connectivity index (χ2n) is 4.78. The second kappa shape index (κ2) is 5.54. The van der Waals surface area contributed by atoms with Crippen LogP contribution < -0.4 is 5.32 Å². The number of hydrogen-bond donors (Lipinski definition) is 2. The molecule has 0 spiro atoms. The molecule has 2 aromatic carbocycles. The molecule has 0 atom stereocenters. The minimum absolute atomic E-state index is 0.179. The largest absolute Gasteiger partial charge is 0.508 e. The molecule has 1 aromatic heterocycles. The van der Waals surface area contributed by atoms with Crippen LogP contribution in [0.1, 0.15) is 20.9 Å². The van der Waals surface area contributed by atoms with E-state index in [0.29, 0.717) is 11.6 Å². The van der Waals surface area contributed by atoms with Crippen LogP contribution in [0.25, 0.3) is 10.2 Å². The van der Waals surface area contributed by atoms with Crippen molar-refractivity contribution in [1.82, 2.24) is 10.3 Å². The van der Waals surface area contributed by atoms with Gasteiger partial charge in [-0.3, -0.25) is 4.79 Å². The number of aryl methyl sites for hydroxylation is 1. The van der Waals surface area contributed by atoms with Gasteiger partial charge in [0.15, 0.2) is 5.01 Å². The lowest BCUT2D eigenvalue weighted by atomic mass is 10.1. The van der Waals surface area contributed by atoms with Crippen LogP contribution in [0.4, 0.5) is 0 Å². The highest BCUT2D eigenvalue weighted by Crippen LogP contribution is 2.25. The Morgan fingerprint density at radius 2 is 2.10 bits per heavy atom. The highest BCUT2D eigenvalue weighted by molar-refractivity contribution is 7.20. The first-order chi connectivity index (χ1) is 10.1. The molecule has 0 aliphatic heterocycles. The molecule has 0 saturated carbocycles. The molecule has 0 radical (unpaired) electrons. The van der Waals surface area contributed by atoms with Crippen molar-refractivity contribution in [3.05, 3.63) is 58.6 Å². The molecule has 0 saturated heterocycles. The van der Waals surface area contributed by atoms with Crippen LogP contribution >= 0.6 is 11.3 Å². The number of benzene rings is 2. The van der Waals surface area contributed by atoms with E-state index < -0.39 is 0 Å². The third kappa shape index (κ3) is 2.87. The Morgan fingerprint density at radius 3 is 2.90 bits per heavy atom. The minimum atomic E-state index is -0.195. The number of amides is 1. The molecule has 2 N–H and O–H groups in total. The van der Waals surface area contributed by atoms with Gasteiger partial charge in [0.05, 0.1) is 10.2 Å². The molecule has 0 unspecified atom stereocenters. The van der Waals surface area contributed by atoms with E-state index in [1.165, 1.54) is 11.3 Å². The Kier molecular flexibility index (Phi) is 3.58. The van der Waals surface area contributed by atoms with E-state index in [9.17, 15) is 9.90 Å². The molecule has 106 valence electrons. The highest BCUT2D eigenvalue weighted by Gasteiger charge is 2.12. The average molecular weight is 298 g/mol. The fourth-order valence-corrected chi connectivity index (χ4v) is 2.99. The van der Waals surface area contributed by atoms with Crippen molar-refractivity contribution in [1.29, 1.82) is 0 Å². The fourth-order valence-electron chi connectivity index (χ4n) is 2.07. The lowest BCUT2D eigenvalue weighted by molar-refractivity contribution is 0.0950. The third-order valence-electron chi connectivity index (χ3n) is 3.27. The molecule has 3 aromatic rings. The van der Waals surface area contributed by atoms with Gasteiger partial charge in [0, 0.05) is 6.54 Å². The molecule has 1 amide bonds. The first kappa shape index (κ1) is 13.6. The van der Waals surface area contributed by atoms with E-state index in [1.54, 1.807) is 18.2 Å². The van der Waals surface area contributed by atoms with Gasteiger partial charge in [-0.1, -0.05) is 24.3 Å². The van der Waals surface area contributed by atoms with Crippen molar-refractivity contribution in [3.8, 4) is 5.75 Å². The van der Waals surface area contributed by atoms with Crippen LogP contribution in [-0.4, -0.2) is 16.0 Å². The summed E-state index contributed by atoms with van der Waals surface area (Å²) in [5.41, 5.74) is 2.95. The monoisotopic (exact) mass is 298 g/mol. The number of nitrogens with zero attached hydrogens (tertiary/aromatic N) is 1. The summed E-state index contributed by atoms with van der Waals surface area (Å²) in [7, 11) is 0. The lowest BCUT2D eigenvalue weighted by Crippen LogP contribution is -2.22. The number of phenolic OH excluding ortho intramolecular Hbond substituents is 1. The van der Waals surface area contributed by atoms with Gasteiger partial charge in [-0.25, -0.2) is 4.98 Å². The Morgan fingerprint density at radius 1 is 1.29 bits per heavy atom. The Labute approximate surface area is 126 Å². The van der Waals surface area contributed by atoms with Gasteiger partial charge in [0.2, 0.25) is 0 Å². The Hall–Kier alpha value is -2.40. The molecule has 0 bridgehead atoms. The Bertz CT molecular complexity index is 811. The maximum atomic E-state index is 12.2. The van der Waals surface area contributed by atoms with Crippen molar-refractivity contribution in [2.75, 3.05) is 0 Å². The zero-order valence-electron chi connectivity index (χ0n) is 11.5. The highest BCUT2D eigenvalue weighted by atomic mass is 32.1. The van der Waals surface area contributed by atoms with Crippen molar-refractivity contribution in [3.63, 3.8) is 0 Å². The number of carbonyl (C=O) groups is 1. The van der Waals surface area contributed by atoms with Crippen LogP contribution in [0.5, 0.6) is 5.75 Å². The lowest BCUT2D eigenvalue weighted by Gasteiger charge is -2.06. The van der Waals surface area contributed by atoms with E-state index in [2.05, 4.69) is 10.3 Å². The third-order valence-corrected chi connectivity index (χ3v) is 4.28. The van der Waals surface area contributed by atoms with E-state index in [1.807, 2.05) is 31.2 Å². The number of aromatic nitrogens is 1. The number of fused-ring (bicyclic) bond motifs is 1. The molecule has 0 aliphatic rings. The topological polar surface area (TPSA) is 62.2 Å². The van der Waals surface area contributed by atoms with Gasteiger partial charge in [0.25, 0.3) is 5.91 Å². The van der Waals surface area contributed by atoms with Crippen molar-refractivity contribution in [2.45, 2.75) is 13.5 Å². The summed E-state index contributed by atoms with van der Waals surface area (Å²) < 4.78 is 0.802. The molecule has 0 fully saturated rings. The second-order valence-corrected chi connectivity index (χ2v) is 5.81. The summed E-state index contributed by atoms with van der Waals surface area (Å²) in [5, 5.41) is 12.7. The van der Waals surface area contributed by atoms with Crippen LogP contribution in [0.3, 0.4) is 0 Å². The van der Waals surface area contributed by atoms with Gasteiger partial charge in [-0.15, -0.1) is 11.3 Å². The van der Waals surface area contributed by atoms with Gasteiger partial charge in [-0.2, -0.15) is 0 Å². The van der Waals surface area contributed by atoms with Crippen LogP contribution in [-0.2, 0) is 6.54 Å². The first-order valence-electron chi connectivity index (χ1n) is 6.56. The van der Waals surface area contributed by atoms with E-state index >= 15 is 0 Å². The van der Waals surface area contributed by atoms with Gasteiger partial charge in [-0.05, 0) is 36.2 Å². The van der Waals surface area contributed by atoms with Crippen molar-refractivity contribution < 1.29 is 9.90 Å². The SMILES string of the molecule is Cc1ccccc1CNC(=O)c1nc2ccc(O)cc2s1. The van der Waals surface area contributed by atoms with Crippen molar-refractivity contribution in [2.24, 2.45) is 0 Å². The van der Waals surface area contributed by atoms with E-state index in [-0.39, 0.29) is 11.7 Å². The molecule has 1 heterocycles. The summed E-state index contributed by atoms with van der Waals surface area (Å²) in [6.45, 7) is 2.49. The summed E-state index contributed by atoms with van der Waals surface area (Å²) >= 11 is 1.28. The summed E-state index contributed by atoms with van der Waals surface area (Å²) in [6.07, 6.45) is 0. The standard InChI is InChI=1S/C16H14N2O2S/c1-10-4-2-3-5-11(10)9-17-15(20)16-18-13-7-6-12(19)8-14(13)21-16/h2-8,19H,9H2,1H3,(H,17,20). The number of rotatable bonds is 3. The van der Waals surface area contributed by atoms with Gasteiger partial charge in [0.1, 0.15) is 5.75 Å².